The molecule has 0 aliphatic heterocycles. The van der Waals surface area contributed by atoms with E-state index in [0.717, 1.165) is 0 Å². The Labute approximate surface area is 73.9 Å². The van der Waals surface area contributed by atoms with Crippen LogP contribution >= 0.6 is 12.2 Å². The number of nitrogens with one attached hydrogen (secondary N) is 1. The topological polar surface area (TPSA) is 81.2 Å². The third-order valence-electron chi connectivity index (χ3n) is 1.10. The fraction of sp³-hybridized carbons (Fsp3) is 0.167. The highest BCUT2D eigenvalue weighted by atomic mass is 32.1. The van der Waals surface area contributed by atoms with Crippen LogP contribution in [0.15, 0.2) is 10.6 Å². The van der Waals surface area contributed by atoms with Crippen LogP contribution in [0.25, 0.3) is 0 Å². The van der Waals surface area contributed by atoms with E-state index in [1.807, 2.05) is 0 Å². The number of nitrogens with two attached hydrogens (primary N) is 1. The molecule has 3 N–H and O–H groups in total. The number of aryl methyl sites for hydroxylation is 1. The smallest absolute Gasteiger partial charge is 0.279 e. The van der Waals surface area contributed by atoms with Crippen molar-refractivity contribution in [3.63, 3.8) is 0 Å². The van der Waals surface area contributed by atoms with Crippen molar-refractivity contribution >= 4 is 23.2 Å². The standard InChI is InChI=1S/C6H7N3O2S/c1-3-2-4(9-11-3)5(10)8-6(7)12/h2H,1H3,(H3,7,8,10,12). The maximum Gasteiger partial charge on any atom is 0.279 e. The van der Waals surface area contributed by atoms with Gasteiger partial charge in [0.15, 0.2) is 10.8 Å². The summed E-state index contributed by atoms with van der Waals surface area (Å²) >= 11 is 4.47. The highest BCUT2D eigenvalue weighted by molar-refractivity contribution is 7.80. The van der Waals surface area contributed by atoms with Gasteiger partial charge in [-0.2, -0.15) is 0 Å². The third-order valence-corrected chi connectivity index (χ3v) is 1.20. The van der Waals surface area contributed by atoms with E-state index in [2.05, 4.69) is 27.2 Å². The molecular formula is C6H7N3O2S. The minimum atomic E-state index is -0.459. The van der Waals surface area contributed by atoms with Crippen LogP contribution in [0, 0.1) is 6.92 Å². The van der Waals surface area contributed by atoms with Crippen LogP contribution < -0.4 is 11.1 Å². The molecule has 0 bridgehead atoms. The van der Waals surface area contributed by atoms with E-state index < -0.39 is 5.91 Å². The summed E-state index contributed by atoms with van der Waals surface area (Å²) in [6, 6.07) is 1.49. The van der Waals surface area contributed by atoms with Crippen LogP contribution in [0.1, 0.15) is 16.2 Å². The first kappa shape index (κ1) is 8.66. The molecule has 0 aliphatic rings. The number of thiocarbonyl (C=S) groups is 1. The Hall–Kier alpha value is -1.43. The van der Waals surface area contributed by atoms with Gasteiger partial charge in [0.05, 0.1) is 0 Å². The number of nitrogens with zero attached hydrogens (tertiary/aromatic N) is 1. The SMILES string of the molecule is Cc1cc(C(=O)NC(N)=S)no1. The largest absolute Gasteiger partial charge is 0.376 e. The van der Waals surface area contributed by atoms with Gasteiger partial charge in [0.25, 0.3) is 5.91 Å². The Kier molecular flexibility index (Phi) is 2.39. The predicted octanol–water partition coefficient (Wildman–Crippen LogP) is -0.0436. The molecule has 0 saturated heterocycles. The lowest BCUT2D eigenvalue weighted by Gasteiger charge is -1.95. The maximum atomic E-state index is 11.1. The number of aromatic nitrogens is 1. The second-order valence-electron chi connectivity index (χ2n) is 2.14. The number of carbonyl (C=O) groups excluding carboxylic acids is 1. The van der Waals surface area contributed by atoms with E-state index in [0.29, 0.717) is 5.76 Å². The van der Waals surface area contributed by atoms with Crippen LogP contribution in [0.2, 0.25) is 0 Å². The van der Waals surface area contributed by atoms with Gasteiger partial charge in [-0.15, -0.1) is 0 Å². The summed E-state index contributed by atoms with van der Waals surface area (Å²) in [7, 11) is 0. The van der Waals surface area contributed by atoms with Gasteiger partial charge in [-0.3, -0.25) is 10.1 Å². The van der Waals surface area contributed by atoms with E-state index in [1.165, 1.54) is 6.07 Å². The molecule has 6 heteroatoms. The van der Waals surface area contributed by atoms with Crippen molar-refractivity contribution in [1.29, 1.82) is 0 Å². The van der Waals surface area contributed by atoms with Crippen molar-refractivity contribution in [2.24, 2.45) is 5.73 Å². The Bertz CT molecular complexity index is 320. The Morgan fingerprint density at radius 2 is 2.50 bits per heavy atom. The van der Waals surface area contributed by atoms with Gasteiger partial charge in [0.1, 0.15) is 5.76 Å². The fourth-order valence-corrected chi connectivity index (χ4v) is 0.742. The summed E-state index contributed by atoms with van der Waals surface area (Å²) in [5.74, 6) is 0.0995. The first-order chi connectivity index (χ1) is 5.59. The minimum absolute atomic E-state index is 0.0827. The molecule has 1 aromatic heterocycles. The number of rotatable bonds is 1. The molecule has 0 aliphatic carbocycles. The average Bonchev–Trinajstić information content (AvgIpc) is 2.34. The molecular weight excluding hydrogens is 178 g/mol. The molecule has 0 unspecified atom stereocenters. The highest BCUT2D eigenvalue weighted by Crippen LogP contribution is 2.00. The quantitative estimate of drug-likeness (QED) is 0.600. The van der Waals surface area contributed by atoms with Gasteiger partial charge < -0.3 is 10.3 Å². The normalized spacial score (nSPS) is 9.42. The zero-order chi connectivity index (χ0) is 9.14. The van der Waals surface area contributed by atoms with Crippen molar-refractivity contribution in [2.75, 3.05) is 0 Å². The van der Waals surface area contributed by atoms with E-state index in [9.17, 15) is 4.79 Å². The van der Waals surface area contributed by atoms with Crippen LogP contribution in [-0.2, 0) is 0 Å². The molecule has 1 rings (SSSR count). The average molecular weight is 185 g/mol. The van der Waals surface area contributed by atoms with Crippen molar-refractivity contribution in [1.82, 2.24) is 10.5 Å². The molecule has 5 nitrogen and oxygen atoms in total. The number of hydrogen-bond donors (Lipinski definition) is 2. The third kappa shape index (κ3) is 2.03. The molecule has 0 saturated carbocycles. The summed E-state index contributed by atoms with van der Waals surface area (Å²) in [6.07, 6.45) is 0. The summed E-state index contributed by atoms with van der Waals surface area (Å²) in [5, 5.41) is 5.60. The van der Waals surface area contributed by atoms with E-state index in [-0.39, 0.29) is 10.8 Å². The second kappa shape index (κ2) is 3.31. The molecule has 1 aromatic rings. The molecule has 12 heavy (non-hydrogen) atoms. The lowest BCUT2D eigenvalue weighted by molar-refractivity contribution is 0.0968. The first-order valence-electron chi connectivity index (χ1n) is 3.13. The van der Waals surface area contributed by atoms with E-state index in [4.69, 9.17) is 5.73 Å². The zero-order valence-corrected chi connectivity index (χ0v) is 7.14. The van der Waals surface area contributed by atoms with Crippen LogP contribution in [0.4, 0.5) is 0 Å². The van der Waals surface area contributed by atoms with Crippen LogP contribution in [0.5, 0.6) is 0 Å². The van der Waals surface area contributed by atoms with Gasteiger partial charge in [-0.1, -0.05) is 5.16 Å². The monoisotopic (exact) mass is 185 g/mol. The van der Waals surface area contributed by atoms with Gasteiger partial charge in [-0.05, 0) is 19.1 Å². The van der Waals surface area contributed by atoms with Crippen LogP contribution in [0.3, 0.4) is 0 Å². The highest BCUT2D eigenvalue weighted by Gasteiger charge is 2.10. The second-order valence-corrected chi connectivity index (χ2v) is 2.58. The Morgan fingerprint density at radius 3 is 2.92 bits per heavy atom. The van der Waals surface area contributed by atoms with Gasteiger partial charge >= 0.3 is 0 Å². The summed E-state index contributed by atoms with van der Waals surface area (Å²) in [4.78, 5) is 11.1. The Morgan fingerprint density at radius 1 is 1.83 bits per heavy atom. The van der Waals surface area contributed by atoms with Crippen molar-refractivity contribution in [3.05, 3.63) is 17.5 Å². The van der Waals surface area contributed by atoms with Crippen molar-refractivity contribution in [2.45, 2.75) is 6.92 Å². The molecule has 0 fully saturated rings. The van der Waals surface area contributed by atoms with E-state index >= 15 is 0 Å². The van der Waals surface area contributed by atoms with Crippen molar-refractivity contribution in [3.8, 4) is 0 Å². The predicted molar refractivity (Wildman–Crippen MR) is 45.5 cm³/mol. The molecule has 1 amide bonds. The Balaban J connectivity index is 2.72. The lowest BCUT2D eigenvalue weighted by Crippen LogP contribution is -2.34. The van der Waals surface area contributed by atoms with E-state index in [1.54, 1.807) is 6.92 Å². The summed E-state index contributed by atoms with van der Waals surface area (Å²) in [6.45, 7) is 1.69. The molecule has 0 radical (unpaired) electrons. The fourth-order valence-electron chi connectivity index (χ4n) is 0.649. The number of hydrogen-bond acceptors (Lipinski definition) is 4. The molecule has 64 valence electrons. The molecule has 0 spiro atoms. The minimum Gasteiger partial charge on any atom is -0.376 e. The van der Waals surface area contributed by atoms with Gasteiger partial charge in [0, 0.05) is 6.07 Å². The molecule has 0 atom stereocenters. The maximum absolute atomic E-state index is 11.1. The molecule has 1 heterocycles. The first-order valence-corrected chi connectivity index (χ1v) is 3.54. The number of amides is 1. The summed E-state index contributed by atoms with van der Waals surface area (Å²) in [5.41, 5.74) is 5.25. The lowest BCUT2D eigenvalue weighted by atomic mass is 10.4. The summed E-state index contributed by atoms with van der Waals surface area (Å²) < 4.78 is 4.67. The van der Waals surface area contributed by atoms with Crippen LogP contribution in [-0.4, -0.2) is 16.2 Å². The number of carbonyl (C=O) groups is 1. The molecule has 0 aromatic carbocycles. The van der Waals surface area contributed by atoms with Gasteiger partial charge in [0.2, 0.25) is 0 Å². The zero-order valence-electron chi connectivity index (χ0n) is 6.33. The van der Waals surface area contributed by atoms with Crippen molar-refractivity contribution < 1.29 is 9.32 Å². The van der Waals surface area contributed by atoms with Gasteiger partial charge in [-0.25, -0.2) is 0 Å².